The van der Waals surface area contributed by atoms with Gasteiger partial charge in [0, 0.05) is 19.4 Å². The maximum atomic E-state index is 11.4. The van der Waals surface area contributed by atoms with Crippen molar-refractivity contribution in [3.63, 3.8) is 0 Å². The summed E-state index contributed by atoms with van der Waals surface area (Å²) in [5.74, 6) is -0.0522. The lowest BCUT2D eigenvalue weighted by Gasteiger charge is -2.23. The van der Waals surface area contributed by atoms with Crippen LogP contribution in [0.1, 0.15) is 58.8 Å². The summed E-state index contributed by atoms with van der Waals surface area (Å²) in [6.07, 6.45) is 7.03. The van der Waals surface area contributed by atoms with Crippen molar-refractivity contribution >= 4 is 5.97 Å². The average Bonchev–Trinajstić information content (AvgIpc) is 2.24. The highest BCUT2D eigenvalue weighted by Crippen LogP contribution is 2.17. The zero-order chi connectivity index (χ0) is 11.8. The van der Waals surface area contributed by atoms with Crippen LogP contribution in [0.4, 0.5) is 0 Å². The Balaban J connectivity index is 2.40. The summed E-state index contributed by atoms with van der Waals surface area (Å²) in [5, 5.41) is 0. The Morgan fingerprint density at radius 1 is 1.38 bits per heavy atom. The zero-order valence-electron chi connectivity index (χ0n) is 10.5. The van der Waals surface area contributed by atoms with Crippen molar-refractivity contribution in [2.45, 2.75) is 71.0 Å². The predicted molar refractivity (Wildman–Crippen MR) is 63.3 cm³/mol. The van der Waals surface area contributed by atoms with E-state index in [0.29, 0.717) is 6.42 Å². The van der Waals surface area contributed by atoms with Gasteiger partial charge in [-0.1, -0.05) is 19.8 Å². The summed E-state index contributed by atoms with van der Waals surface area (Å²) >= 11 is 0. The van der Waals surface area contributed by atoms with Crippen molar-refractivity contribution in [2.75, 3.05) is 6.61 Å². The minimum atomic E-state index is -0.0522. The Morgan fingerprint density at radius 2 is 2.19 bits per heavy atom. The lowest BCUT2D eigenvalue weighted by molar-refractivity contribution is -0.150. The molecule has 94 valence electrons. The quantitative estimate of drug-likeness (QED) is 0.696. The van der Waals surface area contributed by atoms with Gasteiger partial charge in [-0.2, -0.15) is 0 Å². The van der Waals surface area contributed by atoms with E-state index in [1.165, 1.54) is 0 Å². The fourth-order valence-electron chi connectivity index (χ4n) is 2.07. The molecule has 0 aromatic heterocycles. The van der Waals surface area contributed by atoms with Crippen LogP contribution in [0.5, 0.6) is 0 Å². The summed E-state index contributed by atoms with van der Waals surface area (Å²) in [4.78, 5) is 11.4. The van der Waals surface area contributed by atoms with Crippen LogP contribution in [0, 0.1) is 0 Å². The maximum Gasteiger partial charge on any atom is 0.306 e. The number of hydrogen-bond acceptors (Lipinski definition) is 3. The van der Waals surface area contributed by atoms with Crippen LogP contribution in [0.15, 0.2) is 0 Å². The molecule has 1 heterocycles. The summed E-state index contributed by atoms with van der Waals surface area (Å²) in [6.45, 7) is 4.89. The third kappa shape index (κ3) is 5.50. The second kappa shape index (κ2) is 7.66. The number of carbonyl (C=O) groups excluding carboxylic acids is 1. The molecule has 0 bridgehead atoms. The molecular formula is C13H24O3. The Kier molecular flexibility index (Phi) is 6.46. The normalized spacial score (nSPS) is 28.5. The molecule has 0 N–H and O–H groups in total. The van der Waals surface area contributed by atoms with E-state index in [2.05, 4.69) is 6.92 Å². The number of hydrogen-bond donors (Lipinski definition) is 0. The molecule has 0 aromatic carbocycles. The highest BCUT2D eigenvalue weighted by Gasteiger charge is 2.18. The standard InChI is InChI=1S/C13H24O3/c1-3-9-15-12-7-5-4-6-8-13(14)16-11(2)10-12/h11-12H,3-10H2,1-2H3. The van der Waals surface area contributed by atoms with Gasteiger partial charge in [0.2, 0.25) is 0 Å². The van der Waals surface area contributed by atoms with Gasteiger partial charge in [-0.3, -0.25) is 4.79 Å². The van der Waals surface area contributed by atoms with E-state index in [-0.39, 0.29) is 18.2 Å². The van der Waals surface area contributed by atoms with Crippen molar-refractivity contribution < 1.29 is 14.3 Å². The van der Waals surface area contributed by atoms with Crippen molar-refractivity contribution in [3.05, 3.63) is 0 Å². The van der Waals surface area contributed by atoms with Crippen molar-refractivity contribution in [1.82, 2.24) is 0 Å². The molecule has 0 saturated carbocycles. The van der Waals surface area contributed by atoms with Gasteiger partial charge in [-0.25, -0.2) is 0 Å². The summed E-state index contributed by atoms with van der Waals surface area (Å²) < 4.78 is 11.1. The number of esters is 1. The predicted octanol–water partition coefficient (Wildman–Crippen LogP) is 3.07. The largest absolute Gasteiger partial charge is 0.463 e. The second-order valence-electron chi connectivity index (χ2n) is 4.63. The van der Waals surface area contributed by atoms with Gasteiger partial charge < -0.3 is 9.47 Å². The topological polar surface area (TPSA) is 35.5 Å². The molecule has 3 nitrogen and oxygen atoms in total. The molecule has 0 aromatic rings. The van der Waals surface area contributed by atoms with Crippen LogP contribution in [0.25, 0.3) is 0 Å². The van der Waals surface area contributed by atoms with Crippen LogP contribution >= 0.6 is 0 Å². The fourth-order valence-corrected chi connectivity index (χ4v) is 2.07. The van der Waals surface area contributed by atoms with Crippen LogP contribution in [-0.2, 0) is 14.3 Å². The van der Waals surface area contributed by atoms with Crippen LogP contribution < -0.4 is 0 Å². The first-order chi connectivity index (χ1) is 7.72. The highest BCUT2D eigenvalue weighted by atomic mass is 16.5. The fraction of sp³-hybridized carbons (Fsp3) is 0.923. The van der Waals surface area contributed by atoms with E-state index in [9.17, 15) is 4.79 Å². The molecule has 1 rings (SSSR count). The lowest BCUT2D eigenvalue weighted by atomic mass is 10.0. The SMILES string of the molecule is CCCOC1CCCCCC(=O)OC(C)C1. The molecule has 2 atom stereocenters. The van der Waals surface area contributed by atoms with Gasteiger partial charge >= 0.3 is 5.97 Å². The number of rotatable bonds is 3. The molecule has 1 fully saturated rings. The van der Waals surface area contributed by atoms with Crippen LogP contribution in [0.2, 0.25) is 0 Å². The Labute approximate surface area is 98.5 Å². The first kappa shape index (κ1) is 13.5. The molecule has 0 aliphatic carbocycles. The summed E-state index contributed by atoms with van der Waals surface area (Å²) in [7, 11) is 0. The van der Waals surface area contributed by atoms with E-state index < -0.39 is 0 Å². The Bertz CT molecular complexity index is 203. The van der Waals surface area contributed by atoms with Crippen molar-refractivity contribution in [3.8, 4) is 0 Å². The molecule has 1 saturated heterocycles. The van der Waals surface area contributed by atoms with E-state index in [0.717, 1.165) is 45.1 Å². The molecule has 1 aliphatic rings. The van der Waals surface area contributed by atoms with E-state index >= 15 is 0 Å². The Hall–Kier alpha value is -0.570. The average molecular weight is 228 g/mol. The molecule has 1 aliphatic heterocycles. The van der Waals surface area contributed by atoms with Crippen LogP contribution in [0.3, 0.4) is 0 Å². The first-order valence-electron chi connectivity index (χ1n) is 6.53. The summed E-state index contributed by atoms with van der Waals surface area (Å²) in [6, 6.07) is 0. The molecule has 2 unspecified atom stereocenters. The minimum Gasteiger partial charge on any atom is -0.463 e. The number of cyclic esters (lactones) is 1. The summed E-state index contributed by atoms with van der Waals surface area (Å²) in [5.41, 5.74) is 0. The third-order valence-corrected chi connectivity index (χ3v) is 2.89. The molecular weight excluding hydrogens is 204 g/mol. The maximum absolute atomic E-state index is 11.4. The van der Waals surface area contributed by atoms with Gasteiger partial charge in [-0.15, -0.1) is 0 Å². The smallest absolute Gasteiger partial charge is 0.306 e. The van der Waals surface area contributed by atoms with Gasteiger partial charge in [0.25, 0.3) is 0 Å². The molecule has 3 heteroatoms. The van der Waals surface area contributed by atoms with Crippen molar-refractivity contribution in [1.29, 1.82) is 0 Å². The number of ether oxygens (including phenoxy) is 2. The molecule has 0 radical (unpaired) electrons. The highest BCUT2D eigenvalue weighted by molar-refractivity contribution is 5.69. The zero-order valence-corrected chi connectivity index (χ0v) is 10.5. The van der Waals surface area contributed by atoms with Gasteiger partial charge in [0.15, 0.2) is 0 Å². The van der Waals surface area contributed by atoms with Gasteiger partial charge in [0.1, 0.15) is 6.10 Å². The number of carbonyl (C=O) groups is 1. The monoisotopic (exact) mass is 228 g/mol. The van der Waals surface area contributed by atoms with Gasteiger partial charge in [0.05, 0.1) is 6.10 Å². The lowest BCUT2D eigenvalue weighted by Crippen LogP contribution is -2.24. The Morgan fingerprint density at radius 3 is 2.94 bits per heavy atom. The second-order valence-corrected chi connectivity index (χ2v) is 4.63. The third-order valence-electron chi connectivity index (χ3n) is 2.89. The molecule has 0 amide bonds. The molecule has 16 heavy (non-hydrogen) atoms. The van der Waals surface area contributed by atoms with Gasteiger partial charge in [-0.05, 0) is 26.2 Å². The van der Waals surface area contributed by atoms with Crippen molar-refractivity contribution in [2.24, 2.45) is 0 Å². The first-order valence-corrected chi connectivity index (χ1v) is 6.53. The minimum absolute atomic E-state index is 0.00699. The van der Waals surface area contributed by atoms with E-state index in [4.69, 9.17) is 9.47 Å². The van der Waals surface area contributed by atoms with Crippen LogP contribution in [-0.4, -0.2) is 24.8 Å². The van der Waals surface area contributed by atoms with E-state index in [1.807, 2.05) is 6.92 Å². The van der Waals surface area contributed by atoms with E-state index in [1.54, 1.807) is 0 Å². The molecule has 0 spiro atoms.